The zero-order valence-corrected chi connectivity index (χ0v) is 14.9. The Labute approximate surface area is 153 Å². The van der Waals surface area contributed by atoms with Crippen molar-refractivity contribution < 1.29 is 4.79 Å². The molecule has 136 valence electrons. The molecule has 0 radical (unpaired) electrons. The van der Waals surface area contributed by atoms with Gasteiger partial charge in [-0.05, 0) is 62.4 Å². The van der Waals surface area contributed by atoms with E-state index in [0.29, 0.717) is 11.4 Å². The summed E-state index contributed by atoms with van der Waals surface area (Å²) in [5.41, 5.74) is 9.49. The van der Waals surface area contributed by atoms with Gasteiger partial charge in [-0.3, -0.25) is 14.7 Å². The van der Waals surface area contributed by atoms with Gasteiger partial charge >= 0.3 is 0 Å². The number of carbonyl (C=O) groups is 1. The summed E-state index contributed by atoms with van der Waals surface area (Å²) >= 11 is 0. The molecule has 1 amide bonds. The van der Waals surface area contributed by atoms with Crippen LogP contribution in [0.4, 0.5) is 5.82 Å². The van der Waals surface area contributed by atoms with Crippen LogP contribution in [-0.2, 0) is 19.4 Å². The van der Waals surface area contributed by atoms with Gasteiger partial charge in [0.25, 0.3) is 5.91 Å². The lowest BCUT2D eigenvalue weighted by Gasteiger charge is -2.33. The van der Waals surface area contributed by atoms with Crippen molar-refractivity contribution >= 4 is 11.7 Å². The normalized spacial score (nSPS) is 19.9. The molecule has 0 unspecified atom stereocenters. The standard InChI is InChI=1S/C20H25N5O/c21-19(26)17-11-14-5-3-8-18(14)24-20(17)23-16-7-4-10-25(13-16)12-15-6-1-2-9-22-15/h1-2,6,9,11,16H,3-5,7-8,10,12-13H2,(H2,21,26)(H,23,24)/t16-/m0/s1. The van der Waals surface area contributed by atoms with E-state index in [2.05, 4.69) is 21.3 Å². The molecule has 26 heavy (non-hydrogen) atoms. The molecule has 1 saturated heterocycles. The molecule has 4 rings (SSSR count). The molecule has 0 bridgehead atoms. The zero-order valence-electron chi connectivity index (χ0n) is 14.9. The van der Waals surface area contributed by atoms with Crippen LogP contribution in [0.5, 0.6) is 0 Å². The highest BCUT2D eigenvalue weighted by Gasteiger charge is 2.24. The van der Waals surface area contributed by atoms with Crippen molar-refractivity contribution in [1.29, 1.82) is 0 Å². The number of rotatable bonds is 5. The van der Waals surface area contributed by atoms with Crippen molar-refractivity contribution in [2.24, 2.45) is 5.73 Å². The third-order valence-corrected chi connectivity index (χ3v) is 5.27. The first-order valence-corrected chi connectivity index (χ1v) is 9.40. The minimum atomic E-state index is -0.407. The largest absolute Gasteiger partial charge is 0.365 e. The molecule has 1 atom stereocenters. The Bertz CT molecular complexity index is 792. The van der Waals surface area contributed by atoms with Gasteiger partial charge in [0.15, 0.2) is 0 Å². The van der Waals surface area contributed by atoms with E-state index in [0.717, 1.165) is 63.1 Å². The molecule has 6 heteroatoms. The smallest absolute Gasteiger partial charge is 0.252 e. The van der Waals surface area contributed by atoms with E-state index in [4.69, 9.17) is 10.7 Å². The van der Waals surface area contributed by atoms with Crippen LogP contribution in [0, 0.1) is 0 Å². The third kappa shape index (κ3) is 3.70. The van der Waals surface area contributed by atoms with Gasteiger partial charge in [-0.15, -0.1) is 0 Å². The lowest BCUT2D eigenvalue weighted by atomic mass is 10.0. The van der Waals surface area contributed by atoms with Crippen LogP contribution in [0.15, 0.2) is 30.5 Å². The summed E-state index contributed by atoms with van der Waals surface area (Å²) in [6.07, 6.45) is 7.09. The van der Waals surface area contributed by atoms with Gasteiger partial charge in [0.05, 0.1) is 11.3 Å². The summed E-state index contributed by atoms with van der Waals surface area (Å²) in [4.78, 5) is 23.5. The van der Waals surface area contributed by atoms with E-state index in [1.165, 1.54) is 5.56 Å². The number of fused-ring (bicyclic) bond motifs is 1. The van der Waals surface area contributed by atoms with Gasteiger partial charge in [0.1, 0.15) is 5.82 Å². The Balaban J connectivity index is 1.47. The predicted molar refractivity (Wildman–Crippen MR) is 101 cm³/mol. The molecule has 0 saturated carbocycles. The van der Waals surface area contributed by atoms with E-state index in [1.54, 1.807) is 0 Å². The van der Waals surface area contributed by atoms with Gasteiger partial charge in [-0.25, -0.2) is 4.98 Å². The number of pyridine rings is 2. The van der Waals surface area contributed by atoms with Gasteiger partial charge in [-0.1, -0.05) is 6.07 Å². The molecule has 3 heterocycles. The topological polar surface area (TPSA) is 84.1 Å². The summed E-state index contributed by atoms with van der Waals surface area (Å²) in [5, 5.41) is 3.50. The number of carbonyl (C=O) groups excluding carboxylic acids is 1. The monoisotopic (exact) mass is 351 g/mol. The van der Waals surface area contributed by atoms with E-state index in [9.17, 15) is 4.79 Å². The molecule has 2 aromatic rings. The van der Waals surface area contributed by atoms with Crippen LogP contribution in [0.1, 0.15) is 46.6 Å². The molecule has 1 aliphatic heterocycles. The fourth-order valence-corrected chi connectivity index (χ4v) is 4.00. The van der Waals surface area contributed by atoms with Gasteiger partial charge in [0.2, 0.25) is 0 Å². The second-order valence-corrected chi connectivity index (χ2v) is 7.25. The molecule has 1 aliphatic carbocycles. The van der Waals surface area contributed by atoms with Crippen LogP contribution in [0.2, 0.25) is 0 Å². The molecular formula is C20H25N5O. The Morgan fingerprint density at radius 1 is 1.31 bits per heavy atom. The van der Waals surface area contributed by atoms with Crippen molar-refractivity contribution in [3.8, 4) is 0 Å². The number of nitrogens with two attached hydrogens (primary N) is 1. The van der Waals surface area contributed by atoms with Crippen molar-refractivity contribution in [1.82, 2.24) is 14.9 Å². The number of aryl methyl sites for hydroxylation is 2. The number of primary amides is 1. The first-order valence-electron chi connectivity index (χ1n) is 9.40. The van der Waals surface area contributed by atoms with Crippen molar-refractivity contribution in [2.75, 3.05) is 18.4 Å². The fourth-order valence-electron chi connectivity index (χ4n) is 4.00. The summed E-state index contributed by atoms with van der Waals surface area (Å²) < 4.78 is 0. The molecule has 6 nitrogen and oxygen atoms in total. The highest BCUT2D eigenvalue weighted by Crippen LogP contribution is 2.26. The maximum absolute atomic E-state index is 11.9. The van der Waals surface area contributed by atoms with Gasteiger partial charge < -0.3 is 11.1 Å². The van der Waals surface area contributed by atoms with Crippen LogP contribution < -0.4 is 11.1 Å². The lowest BCUT2D eigenvalue weighted by molar-refractivity contribution is 0.100. The first-order chi connectivity index (χ1) is 12.7. The average molecular weight is 351 g/mol. The Morgan fingerprint density at radius 3 is 3.04 bits per heavy atom. The SMILES string of the molecule is NC(=O)c1cc2c(nc1N[C@H]1CCCN(Cc3ccccn3)C1)CCC2. The van der Waals surface area contributed by atoms with Crippen LogP contribution in [0.25, 0.3) is 0 Å². The molecule has 0 spiro atoms. The molecule has 1 fully saturated rings. The van der Waals surface area contributed by atoms with E-state index < -0.39 is 5.91 Å². The van der Waals surface area contributed by atoms with Crippen LogP contribution >= 0.6 is 0 Å². The number of amides is 1. The fraction of sp³-hybridized carbons (Fsp3) is 0.450. The van der Waals surface area contributed by atoms with E-state index >= 15 is 0 Å². The van der Waals surface area contributed by atoms with E-state index in [1.807, 2.05) is 24.4 Å². The van der Waals surface area contributed by atoms with E-state index in [-0.39, 0.29) is 6.04 Å². The predicted octanol–water partition coefficient (Wildman–Crippen LogP) is 2.14. The van der Waals surface area contributed by atoms with Crippen molar-refractivity contribution in [3.05, 3.63) is 53.0 Å². The Morgan fingerprint density at radius 2 is 2.23 bits per heavy atom. The number of nitrogens with zero attached hydrogens (tertiary/aromatic N) is 3. The highest BCUT2D eigenvalue weighted by molar-refractivity contribution is 5.97. The molecule has 3 N–H and O–H groups in total. The minimum Gasteiger partial charge on any atom is -0.365 e. The summed E-state index contributed by atoms with van der Waals surface area (Å²) in [6.45, 7) is 2.82. The lowest BCUT2D eigenvalue weighted by Crippen LogP contribution is -2.42. The summed E-state index contributed by atoms with van der Waals surface area (Å²) in [7, 11) is 0. The van der Waals surface area contributed by atoms with Gasteiger partial charge in [0, 0.05) is 31.0 Å². The Kier molecular flexibility index (Phi) is 4.84. The number of nitrogens with one attached hydrogen (secondary N) is 1. The number of anilines is 1. The second kappa shape index (κ2) is 7.41. The maximum Gasteiger partial charge on any atom is 0.252 e. The number of aromatic nitrogens is 2. The average Bonchev–Trinajstić information content (AvgIpc) is 3.09. The molecule has 0 aromatic carbocycles. The number of piperidine rings is 1. The molecule has 2 aliphatic rings. The molecular weight excluding hydrogens is 326 g/mol. The highest BCUT2D eigenvalue weighted by atomic mass is 16.1. The summed E-state index contributed by atoms with van der Waals surface area (Å²) in [6, 6.07) is 8.22. The van der Waals surface area contributed by atoms with Crippen molar-refractivity contribution in [3.63, 3.8) is 0 Å². The number of likely N-dealkylation sites (tertiary alicyclic amines) is 1. The first kappa shape index (κ1) is 17.0. The maximum atomic E-state index is 11.9. The second-order valence-electron chi connectivity index (χ2n) is 7.25. The minimum absolute atomic E-state index is 0.262. The molecule has 2 aromatic heterocycles. The quantitative estimate of drug-likeness (QED) is 0.862. The summed E-state index contributed by atoms with van der Waals surface area (Å²) in [5.74, 6) is 0.249. The zero-order chi connectivity index (χ0) is 17.9. The van der Waals surface area contributed by atoms with Crippen LogP contribution in [-0.4, -0.2) is 39.9 Å². The number of hydrogen-bond donors (Lipinski definition) is 2. The van der Waals surface area contributed by atoms with Gasteiger partial charge in [-0.2, -0.15) is 0 Å². The third-order valence-electron chi connectivity index (χ3n) is 5.27. The van der Waals surface area contributed by atoms with Crippen molar-refractivity contribution in [2.45, 2.75) is 44.7 Å². The Hall–Kier alpha value is -2.47. The van der Waals surface area contributed by atoms with Crippen LogP contribution in [0.3, 0.4) is 0 Å². The number of hydrogen-bond acceptors (Lipinski definition) is 5.